The number of rotatable bonds is 8. The Hall–Kier alpha value is -7.00. The molecule has 0 saturated carbocycles. The van der Waals surface area contributed by atoms with Crippen molar-refractivity contribution in [2.24, 2.45) is 23.2 Å². The van der Waals surface area contributed by atoms with Crippen LogP contribution in [-0.2, 0) is 52.7 Å². The first kappa shape index (κ1) is 56.8. The first-order valence-corrected chi connectivity index (χ1v) is 31.0. The van der Waals surface area contributed by atoms with E-state index in [9.17, 15) is 39.0 Å². The van der Waals surface area contributed by atoms with Gasteiger partial charge >= 0.3 is 0 Å². The van der Waals surface area contributed by atoms with Crippen LogP contribution in [0.3, 0.4) is 0 Å². The molecule has 9 heterocycles. The summed E-state index contributed by atoms with van der Waals surface area (Å²) in [5, 5.41) is 31.7. The smallest absolute Gasteiger partial charge is 0.280 e. The summed E-state index contributed by atoms with van der Waals surface area (Å²) in [7, 11) is 4.04. The summed E-state index contributed by atoms with van der Waals surface area (Å²) in [4.78, 5) is 95.4. The Kier molecular flexibility index (Phi) is 13.6. The lowest BCUT2D eigenvalue weighted by atomic mass is 9.63. The van der Waals surface area contributed by atoms with Gasteiger partial charge in [-0.1, -0.05) is 84.9 Å². The number of likely N-dealkylation sites (N-methyl/N-ethyl adjacent to an activating group) is 2. The molecule has 4 aromatic carbocycles. The Balaban J connectivity index is 0.000000152. The number of aliphatic hydroxyl groups is 2. The number of piperidine rings is 3. The number of ketones is 1. The molecular weight excluding hydrogens is 1090 g/mol. The molecule has 0 radical (unpaired) electrons. The standard InChI is InChI=1S/C34H42N4O5.C33H37N5O5/c1-32(17-20-9-5-4-6-10-20)27-18-33(2,43-34(27,42)28-13-8-14-38(28)31(32)41)36-30(40)21-15-23-22-11-7-12-24(35)29(22)26(39)16-25(23)37(3)19-21;1-32(35-29(39)21-15-23-22-10-6-11-24-28(22)20(17-34-24)16-25(23)36(2)18-21)31(41)38-26(14-19-8-4-3-5-9-19)30(40)37-13-7-12-27(37)33(38,42)43-32/h4-7,9-12,21,23,25,27-28,42H,8,13-19,35H2,1-3H3,(H,36,40);3-6,8-11,17,21,23,25-27,34,42H,7,12-16,18H2,1-2H3,(H,35,39)/t21-,23-,25-,27?,28?,32-,33-,34-;21-,23?,25-,26+,27+,32+,33?/m11/s1. The van der Waals surface area contributed by atoms with Gasteiger partial charge in [0.25, 0.3) is 11.8 Å². The average Bonchev–Trinajstić information content (AvgIpc) is 1.55. The van der Waals surface area contributed by atoms with Gasteiger partial charge < -0.3 is 55.9 Å². The summed E-state index contributed by atoms with van der Waals surface area (Å²) in [6, 6.07) is 29.6. The Morgan fingerprint density at radius 3 is 2.03 bits per heavy atom. The molecule has 86 heavy (non-hydrogen) atoms. The fraction of sp³-hybridized carbons (Fsp3) is 0.522. The third kappa shape index (κ3) is 8.86. The lowest BCUT2D eigenvalue weighted by Crippen LogP contribution is -2.71. The molecule has 8 fully saturated rings. The van der Waals surface area contributed by atoms with Crippen molar-refractivity contribution >= 4 is 51.9 Å². The van der Waals surface area contributed by atoms with Gasteiger partial charge in [-0.15, -0.1) is 0 Å². The third-order valence-corrected chi connectivity index (χ3v) is 21.8. The number of carbonyl (C=O) groups is 6. The second kappa shape index (κ2) is 20.6. The highest BCUT2D eigenvalue weighted by atomic mass is 16.7. The van der Waals surface area contributed by atoms with Gasteiger partial charge in [-0.3, -0.25) is 38.4 Å². The molecule has 7 N–H and O–H groups in total. The van der Waals surface area contributed by atoms with E-state index in [0.717, 1.165) is 35.0 Å². The molecule has 4 unspecified atom stereocenters. The number of nitrogens with two attached hydrogens (primary N) is 1. The van der Waals surface area contributed by atoms with Crippen LogP contribution in [0.15, 0.2) is 103 Å². The predicted octanol–water partition coefficient (Wildman–Crippen LogP) is 5.15. The number of carbonyl (C=O) groups excluding carboxylic acids is 6. The lowest BCUT2D eigenvalue weighted by Gasteiger charge is -2.52. The Morgan fingerprint density at radius 2 is 1.33 bits per heavy atom. The SMILES string of the molecule is CN1C[C@H](C(=O)N[C@@]2(C)CC3[C@@](O)(O2)C2CCCN2C(=O)[C@]3(C)Cc2ccccc2)C[C@@H]2c3cccc(N)c3C(=O)C[C@H]21.CN1C[C@H](C(=O)N[C@@]2(C)OC3(O)[C@@H]4CCCN4C(=O)[C@H](Cc4ccccc4)N3C2=O)CC2c3cccc4[nH]cc(c34)C[C@H]21. The highest BCUT2D eigenvalue weighted by molar-refractivity contribution is 6.04. The van der Waals surface area contributed by atoms with Crippen molar-refractivity contribution in [2.75, 3.05) is 46.0 Å². The fourth-order valence-electron chi connectivity index (χ4n) is 17.9. The van der Waals surface area contributed by atoms with Crippen LogP contribution in [0.1, 0.15) is 122 Å². The number of benzene rings is 4. The second-order valence-electron chi connectivity index (χ2n) is 27.2. The summed E-state index contributed by atoms with van der Waals surface area (Å²) in [5.41, 5.74) is 9.96. The normalized spacial score (nSPS) is 36.9. The number of nitrogens with zero attached hydrogens (tertiary/aromatic N) is 5. The second-order valence-corrected chi connectivity index (χ2v) is 27.2. The van der Waals surface area contributed by atoms with E-state index in [2.05, 4.69) is 56.9 Å². The van der Waals surface area contributed by atoms with Crippen molar-refractivity contribution in [1.82, 2.24) is 40.1 Å². The number of hydrogen-bond donors (Lipinski definition) is 6. The van der Waals surface area contributed by atoms with E-state index >= 15 is 0 Å². The predicted molar refractivity (Wildman–Crippen MR) is 318 cm³/mol. The van der Waals surface area contributed by atoms with Crippen molar-refractivity contribution in [3.63, 3.8) is 0 Å². The van der Waals surface area contributed by atoms with E-state index in [1.54, 1.807) is 11.0 Å². The Morgan fingerprint density at radius 1 is 0.709 bits per heavy atom. The van der Waals surface area contributed by atoms with Crippen molar-refractivity contribution < 1.29 is 48.5 Å². The zero-order valence-corrected chi connectivity index (χ0v) is 49.7. The van der Waals surface area contributed by atoms with Gasteiger partial charge in [0.05, 0.1) is 23.3 Å². The van der Waals surface area contributed by atoms with Crippen LogP contribution in [0.5, 0.6) is 0 Å². The molecule has 15 rings (SSSR count). The van der Waals surface area contributed by atoms with Crippen LogP contribution in [0.4, 0.5) is 5.69 Å². The van der Waals surface area contributed by atoms with Gasteiger partial charge in [-0.2, -0.15) is 0 Å². The molecular formula is C67H79N9O10. The maximum absolute atomic E-state index is 14.2. The lowest BCUT2D eigenvalue weighted by molar-refractivity contribution is -0.315. The molecule has 19 nitrogen and oxygen atoms in total. The molecule has 8 saturated heterocycles. The zero-order valence-electron chi connectivity index (χ0n) is 49.7. The topological polar surface area (TPSA) is 243 Å². The molecule has 5 aromatic rings. The van der Waals surface area contributed by atoms with Crippen LogP contribution < -0.4 is 16.4 Å². The third-order valence-electron chi connectivity index (χ3n) is 21.8. The molecule has 1 aromatic heterocycles. The first-order valence-electron chi connectivity index (χ1n) is 31.0. The minimum atomic E-state index is -2.03. The number of piperazine rings is 1. The van der Waals surface area contributed by atoms with Gasteiger partial charge in [-0.25, -0.2) is 0 Å². The quantitative estimate of drug-likeness (QED) is 0.110. The largest absolute Gasteiger partial charge is 0.398 e. The van der Waals surface area contributed by atoms with E-state index in [4.69, 9.17) is 15.2 Å². The van der Waals surface area contributed by atoms with Crippen LogP contribution in [0.2, 0.25) is 0 Å². The maximum Gasteiger partial charge on any atom is 0.280 e. The van der Waals surface area contributed by atoms with Gasteiger partial charge in [-0.05, 0) is 126 Å². The number of likely N-dealkylation sites (tertiary alicyclic amines) is 2. The summed E-state index contributed by atoms with van der Waals surface area (Å²) in [6.45, 7) is 7.45. The van der Waals surface area contributed by atoms with Crippen molar-refractivity contribution in [3.8, 4) is 0 Å². The summed E-state index contributed by atoms with van der Waals surface area (Å²) in [5.74, 6) is -5.73. The minimum absolute atomic E-state index is 0.00796. The van der Waals surface area contributed by atoms with Gasteiger partial charge in [0.1, 0.15) is 17.8 Å². The van der Waals surface area contributed by atoms with Crippen LogP contribution >= 0.6 is 0 Å². The van der Waals surface area contributed by atoms with E-state index in [0.29, 0.717) is 88.8 Å². The number of nitrogen functional groups attached to an aromatic ring is 1. The van der Waals surface area contributed by atoms with Gasteiger partial charge in [0.2, 0.25) is 29.4 Å². The highest BCUT2D eigenvalue weighted by Gasteiger charge is 2.72. The summed E-state index contributed by atoms with van der Waals surface area (Å²) >= 11 is 0. The highest BCUT2D eigenvalue weighted by Crippen LogP contribution is 2.58. The Bertz CT molecular complexity index is 3590. The van der Waals surface area contributed by atoms with Crippen LogP contribution in [-0.4, -0.2) is 169 Å². The summed E-state index contributed by atoms with van der Waals surface area (Å²) < 4.78 is 12.8. The summed E-state index contributed by atoms with van der Waals surface area (Å²) in [6.07, 6.45) is 8.39. The molecule has 19 heteroatoms. The minimum Gasteiger partial charge on any atom is -0.398 e. The van der Waals surface area contributed by atoms with E-state index < -0.39 is 58.5 Å². The number of H-pyrrole nitrogens is 1. The first-order chi connectivity index (χ1) is 41.1. The number of fused-ring (bicyclic) bond motifs is 11. The average molecular weight is 1170 g/mol. The number of nitrogens with one attached hydrogen (secondary N) is 3. The monoisotopic (exact) mass is 1170 g/mol. The van der Waals surface area contributed by atoms with Crippen molar-refractivity contribution in [1.29, 1.82) is 0 Å². The number of ether oxygens (including phenoxy) is 2. The van der Waals surface area contributed by atoms with Gasteiger partial charge in [0.15, 0.2) is 11.6 Å². The Labute approximate surface area is 500 Å². The van der Waals surface area contributed by atoms with E-state index in [1.165, 1.54) is 28.3 Å². The molecule has 8 aliphatic heterocycles. The molecule has 452 valence electrons. The molecule has 5 amide bonds. The van der Waals surface area contributed by atoms with Crippen molar-refractivity contribution in [2.45, 2.75) is 157 Å². The van der Waals surface area contributed by atoms with Crippen LogP contribution in [0, 0.1) is 23.2 Å². The van der Waals surface area contributed by atoms with E-state index in [-0.39, 0.29) is 71.6 Å². The molecule has 0 bridgehead atoms. The van der Waals surface area contributed by atoms with Crippen LogP contribution in [0.25, 0.3) is 10.9 Å². The van der Waals surface area contributed by atoms with Crippen molar-refractivity contribution in [3.05, 3.63) is 137 Å². The molecule has 0 spiro atoms. The molecule has 10 aliphatic rings. The van der Waals surface area contributed by atoms with E-state index in [1.807, 2.05) is 98.6 Å². The number of aromatic amines is 1. The van der Waals surface area contributed by atoms with Gasteiger partial charge in [0, 0.05) is 104 Å². The molecule has 2 aliphatic carbocycles. The fourth-order valence-corrected chi connectivity index (χ4v) is 17.9. The number of anilines is 1. The maximum atomic E-state index is 14.2. The number of hydrogen-bond acceptors (Lipinski definition) is 13. The molecule has 15 atom stereocenters. The number of amides is 5. The zero-order chi connectivity index (χ0) is 60.0. The number of Topliss-reactive ketones (excluding diaryl/α,β-unsaturated/α-hetero) is 1. The number of aromatic nitrogens is 1.